The predicted molar refractivity (Wildman–Crippen MR) is 70.0 cm³/mol. The van der Waals surface area contributed by atoms with Crippen LogP contribution in [-0.4, -0.2) is 30.0 Å². The van der Waals surface area contributed by atoms with Crippen molar-refractivity contribution in [2.75, 3.05) is 6.61 Å². The summed E-state index contributed by atoms with van der Waals surface area (Å²) in [6, 6.07) is 7.33. The van der Waals surface area contributed by atoms with Crippen LogP contribution in [0.1, 0.15) is 17.5 Å². The van der Waals surface area contributed by atoms with Crippen molar-refractivity contribution in [2.24, 2.45) is 7.05 Å². The number of carbonyl (C=O) groups excluding carboxylic acids is 1. The summed E-state index contributed by atoms with van der Waals surface area (Å²) >= 11 is 0. The summed E-state index contributed by atoms with van der Waals surface area (Å²) in [4.78, 5) is 15.9. The van der Waals surface area contributed by atoms with Gasteiger partial charge in [-0.2, -0.15) is 0 Å². The number of nitrogens with zero attached hydrogens (tertiary/aromatic N) is 2. The van der Waals surface area contributed by atoms with E-state index in [1.165, 1.54) is 0 Å². The maximum absolute atomic E-state index is 11.6. The van der Waals surface area contributed by atoms with Gasteiger partial charge in [-0.25, -0.2) is 9.78 Å². The molecule has 0 spiro atoms. The normalized spacial score (nSPS) is 10.3. The first-order chi connectivity index (χ1) is 8.61. The second-order valence-electron chi connectivity index (χ2n) is 3.90. The first-order valence-corrected chi connectivity index (χ1v) is 5.68. The molecule has 5 heteroatoms. The predicted octanol–water partition coefficient (Wildman–Crippen LogP) is 1.06. The molecule has 0 saturated carbocycles. The smallest absolute Gasteiger partial charge is 0.374 e. The van der Waals surface area contributed by atoms with Crippen molar-refractivity contribution in [1.82, 2.24) is 9.55 Å². The van der Waals surface area contributed by atoms with Crippen LogP contribution in [0.4, 0.5) is 0 Å². The summed E-state index contributed by atoms with van der Waals surface area (Å²) in [5.41, 5.74) is 2.33. The molecular weight excluding hydrogens is 227 g/mol. The third kappa shape index (κ3) is 2.45. The zero-order valence-corrected chi connectivity index (χ0v) is 10.4. The molecule has 0 N–H and O–H groups in total. The van der Waals surface area contributed by atoms with E-state index in [0.29, 0.717) is 17.9 Å². The third-order valence-electron chi connectivity index (χ3n) is 2.54. The molecule has 0 aliphatic carbocycles. The van der Waals surface area contributed by atoms with Gasteiger partial charge in [-0.15, -0.1) is 0 Å². The zero-order valence-electron chi connectivity index (χ0n) is 10.4. The van der Waals surface area contributed by atoms with E-state index in [4.69, 9.17) is 12.6 Å². The molecule has 0 fully saturated rings. The summed E-state index contributed by atoms with van der Waals surface area (Å²) in [7, 11) is 7.39. The SMILES string of the molecule is [B]c1ccc(-c2cn(C)c(C(=O)OCC)n2)cc1. The first-order valence-electron chi connectivity index (χ1n) is 5.68. The number of ether oxygens (including phenoxy) is 1. The highest BCUT2D eigenvalue weighted by Crippen LogP contribution is 2.17. The molecule has 2 radical (unpaired) electrons. The van der Waals surface area contributed by atoms with Gasteiger partial charge in [0.25, 0.3) is 0 Å². The summed E-state index contributed by atoms with van der Waals surface area (Å²) in [6.07, 6.45) is 1.79. The Labute approximate surface area is 107 Å². The molecule has 0 amide bonds. The third-order valence-corrected chi connectivity index (χ3v) is 2.54. The molecule has 0 atom stereocenters. The van der Waals surface area contributed by atoms with Gasteiger partial charge in [-0.05, 0) is 6.92 Å². The van der Waals surface area contributed by atoms with E-state index in [1.807, 2.05) is 12.1 Å². The lowest BCUT2D eigenvalue weighted by Gasteiger charge is -1.99. The second-order valence-corrected chi connectivity index (χ2v) is 3.90. The molecule has 0 unspecified atom stereocenters. The average molecular weight is 240 g/mol. The molecule has 18 heavy (non-hydrogen) atoms. The number of aryl methyl sites for hydroxylation is 1. The Balaban J connectivity index is 2.34. The Morgan fingerprint density at radius 1 is 1.39 bits per heavy atom. The lowest BCUT2D eigenvalue weighted by atomic mass is 9.95. The van der Waals surface area contributed by atoms with Crippen molar-refractivity contribution < 1.29 is 9.53 Å². The molecule has 1 aromatic carbocycles. The number of imidazole rings is 1. The van der Waals surface area contributed by atoms with Crippen LogP contribution < -0.4 is 5.46 Å². The van der Waals surface area contributed by atoms with E-state index in [2.05, 4.69) is 4.98 Å². The number of rotatable bonds is 3. The number of hydrogen-bond acceptors (Lipinski definition) is 3. The Bertz CT molecular complexity index is 561. The molecule has 4 nitrogen and oxygen atoms in total. The van der Waals surface area contributed by atoms with Crippen LogP contribution in [-0.2, 0) is 11.8 Å². The van der Waals surface area contributed by atoms with E-state index in [0.717, 1.165) is 11.3 Å². The standard InChI is InChI=1S/C13H13BN2O2/c1-3-18-13(17)12-15-11(8-16(12)2)9-4-6-10(14)7-5-9/h4-8H,3H2,1-2H3. The van der Waals surface area contributed by atoms with E-state index >= 15 is 0 Å². The fourth-order valence-corrected chi connectivity index (χ4v) is 1.64. The van der Waals surface area contributed by atoms with E-state index < -0.39 is 5.97 Å². The van der Waals surface area contributed by atoms with Crippen molar-refractivity contribution in [1.29, 1.82) is 0 Å². The summed E-state index contributed by atoms with van der Waals surface area (Å²) in [5.74, 6) is -0.120. The van der Waals surface area contributed by atoms with Crippen LogP contribution in [0.5, 0.6) is 0 Å². The molecule has 0 aliphatic heterocycles. The quantitative estimate of drug-likeness (QED) is 0.595. The van der Waals surface area contributed by atoms with E-state index in [9.17, 15) is 4.79 Å². The average Bonchev–Trinajstić information content (AvgIpc) is 2.72. The van der Waals surface area contributed by atoms with Gasteiger partial charge in [0.05, 0.1) is 12.3 Å². The lowest BCUT2D eigenvalue weighted by Crippen LogP contribution is -2.10. The van der Waals surface area contributed by atoms with Gasteiger partial charge in [0.2, 0.25) is 5.82 Å². The van der Waals surface area contributed by atoms with E-state index in [1.54, 1.807) is 36.9 Å². The molecule has 1 aromatic heterocycles. The topological polar surface area (TPSA) is 44.1 Å². The highest BCUT2D eigenvalue weighted by molar-refractivity contribution is 6.32. The van der Waals surface area contributed by atoms with Gasteiger partial charge in [-0.3, -0.25) is 0 Å². The van der Waals surface area contributed by atoms with Crippen LogP contribution >= 0.6 is 0 Å². The molecule has 0 aliphatic rings. The van der Waals surface area contributed by atoms with Gasteiger partial charge in [0.1, 0.15) is 7.85 Å². The Morgan fingerprint density at radius 2 is 2.06 bits per heavy atom. The monoisotopic (exact) mass is 240 g/mol. The molecule has 2 aromatic rings. The minimum absolute atomic E-state index is 0.295. The molecule has 0 bridgehead atoms. The summed E-state index contributed by atoms with van der Waals surface area (Å²) in [5, 5.41) is 0. The largest absolute Gasteiger partial charge is 0.460 e. The van der Waals surface area contributed by atoms with Crippen LogP contribution in [0.25, 0.3) is 11.3 Å². The highest BCUT2D eigenvalue weighted by atomic mass is 16.5. The van der Waals surface area contributed by atoms with Gasteiger partial charge < -0.3 is 9.30 Å². The fourth-order valence-electron chi connectivity index (χ4n) is 1.64. The Morgan fingerprint density at radius 3 is 2.67 bits per heavy atom. The number of aromatic nitrogens is 2. The van der Waals surface area contributed by atoms with Crippen molar-refractivity contribution in [3.05, 3.63) is 36.3 Å². The van der Waals surface area contributed by atoms with Crippen molar-refractivity contribution in [3.8, 4) is 11.3 Å². The molecular formula is C13H13BN2O2. The van der Waals surface area contributed by atoms with Crippen molar-refractivity contribution in [2.45, 2.75) is 6.92 Å². The Kier molecular flexibility index (Phi) is 3.51. The van der Waals surface area contributed by atoms with Crippen LogP contribution in [0.2, 0.25) is 0 Å². The lowest BCUT2D eigenvalue weighted by molar-refractivity contribution is 0.0508. The maximum atomic E-state index is 11.6. The second kappa shape index (κ2) is 5.08. The number of benzene rings is 1. The van der Waals surface area contributed by atoms with Crippen LogP contribution in [0, 0.1) is 0 Å². The highest BCUT2D eigenvalue weighted by Gasteiger charge is 2.15. The van der Waals surface area contributed by atoms with Gasteiger partial charge in [-0.1, -0.05) is 29.7 Å². The van der Waals surface area contributed by atoms with Gasteiger partial charge in [0.15, 0.2) is 0 Å². The number of carbonyl (C=O) groups is 1. The molecule has 90 valence electrons. The first kappa shape index (κ1) is 12.4. The zero-order chi connectivity index (χ0) is 13.1. The van der Waals surface area contributed by atoms with E-state index in [-0.39, 0.29) is 0 Å². The number of hydrogen-bond donors (Lipinski definition) is 0. The van der Waals surface area contributed by atoms with Crippen LogP contribution in [0.15, 0.2) is 30.5 Å². The molecule has 0 saturated heterocycles. The Hall–Kier alpha value is -2.04. The van der Waals surface area contributed by atoms with Gasteiger partial charge >= 0.3 is 5.97 Å². The minimum Gasteiger partial charge on any atom is -0.460 e. The fraction of sp³-hybridized carbons (Fsp3) is 0.231. The molecule has 1 heterocycles. The van der Waals surface area contributed by atoms with Crippen LogP contribution in [0.3, 0.4) is 0 Å². The molecule has 2 rings (SSSR count). The van der Waals surface area contributed by atoms with Crippen molar-refractivity contribution >= 4 is 19.3 Å². The summed E-state index contributed by atoms with van der Waals surface area (Å²) < 4.78 is 6.59. The van der Waals surface area contributed by atoms with Crippen molar-refractivity contribution in [3.63, 3.8) is 0 Å². The maximum Gasteiger partial charge on any atom is 0.374 e. The minimum atomic E-state index is -0.415. The summed E-state index contributed by atoms with van der Waals surface area (Å²) in [6.45, 7) is 2.10. The number of esters is 1. The van der Waals surface area contributed by atoms with Gasteiger partial charge in [0, 0.05) is 18.8 Å².